The number of carbonyl (C=O) groups is 2. The number of rotatable bonds is 6. The van der Waals surface area contributed by atoms with Crippen LogP contribution >= 0.6 is 0 Å². The van der Waals surface area contributed by atoms with E-state index in [1.807, 2.05) is 19.1 Å². The van der Waals surface area contributed by atoms with E-state index in [4.69, 9.17) is 4.74 Å². The molecule has 0 heterocycles. The minimum absolute atomic E-state index is 0.202. The van der Waals surface area contributed by atoms with Gasteiger partial charge in [0.25, 0.3) is 0 Å². The maximum Gasteiger partial charge on any atom is 0.228 e. The molecule has 0 bridgehead atoms. The molecule has 0 aromatic heterocycles. The molecule has 130 valence electrons. The Morgan fingerprint density at radius 1 is 1.04 bits per heavy atom. The largest absolute Gasteiger partial charge is 0.492 e. The highest BCUT2D eigenvalue weighted by Crippen LogP contribution is 2.40. The van der Waals surface area contributed by atoms with Crippen molar-refractivity contribution < 1.29 is 18.7 Å². The minimum Gasteiger partial charge on any atom is -0.492 e. The lowest BCUT2D eigenvalue weighted by Gasteiger charge is -2.11. The van der Waals surface area contributed by atoms with Crippen LogP contribution in [-0.4, -0.2) is 18.4 Å². The number of nitrogens with one attached hydrogen (secondary N) is 2. The molecule has 2 aromatic rings. The number of carbonyl (C=O) groups excluding carboxylic acids is 2. The minimum atomic E-state index is -0.371. The first kappa shape index (κ1) is 17.0. The topological polar surface area (TPSA) is 67.4 Å². The summed E-state index contributed by atoms with van der Waals surface area (Å²) in [6, 6.07) is 12.7. The molecule has 0 aliphatic heterocycles. The third-order valence-electron chi connectivity index (χ3n) is 4.02. The van der Waals surface area contributed by atoms with Gasteiger partial charge in [0, 0.05) is 5.69 Å². The van der Waals surface area contributed by atoms with E-state index in [2.05, 4.69) is 10.6 Å². The first-order valence-corrected chi connectivity index (χ1v) is 8.17. The highest BCUT2D eigenvalue weighted by Gasteiger charge is 2.48. The van der Waals surface area contributed by atoms with Crippen LogP contribution in [0.5, 0.6) is 5.75 Å². The Labute approximate surface area is 145 Å². The lowest BCUT2D eigenvalue weighted by Crippen LogP contribution is -2.20. The SMILES string of the molecule is CCOc1ccccc1NC(=O)C1CC1C(=O)Nc1ccc(F)cc1. The van der Waals surface area contributed by atoms with E-state index in [9.17, 15) is 14.0 Å². The Balaban J connectivity index is 1.57. The Morgan fingerprint density at radius 2 is 1.68 bits per heavy atom. The van der Waals surface area contributed by atoms with Gasteiger partial charge in [-0.25, -0.2) is 4.39 Å². The first-order chi connectivity index (χ1) is 12.1. The molecule has 2 atom stereocenters. The Bertz CT molecular complexity index is 776. The van der Waals surface area contributed by atoms with Crippen LogP contribution in [0.1, 0.15) is 13.3 Å². The van der Waals surface area contributed by atoms with Gasteiger partial charge in [0.1, 0.15) is 11.6 Å². The second-order valence-electron chi connectivity index (χ2n) is 5.86. The fourth-order valence-electron chi connectivity index (χ4n) is 2.62. The van der Waals surface area contributed by atoms with Crippen LogP contribution < -0.4 is 15.4 Å². The molecule has 6 heteroatoms. The van der Waals surface area contributed by atoms with Gasteiger partial charge in [0.05, 0.1) is 24.1 Å². The maximum absolute atomic E-state index is 12.9. The number of para-hydroxylation sites is 2. The molecule has 1 aliphatic rings. The van der Waals surface area contributed by atoms with Crippen LogP contribution in [0.2, 0.25) is 0 Å². The molecule has 0 spiro atoms. The maximum atomic E-state index is 12.9. The van der Waals surface area contributed by atoms with Crippen molar-refractivity contribution in [2.75, 3.05) is 17.2 Å². The van der Waals surface area contributed by atoms with Crippen molar-refractivity contribution in [1.82, 2.24) is 0 Å². The molecule has 0 saturated heterocycles. The molecule has 2 unspecified atom stereocenters. The second-order valence-corrected chi connectivity index (χ2v) is 5.86. The lowest BCUT2D eigenvalue weighted by molar-refractivity contribution is -0.122. The summed E-state index contributed by atoms with van der Waals surface area (Å²) in [7, 11) is 0. The number of benzene rings is 2. The fourth-order valence-corrected chi connectivity index (χ4v) is 2.62. The smallest absolute Gasteiger partial charge is 0.228 e. The monoisotopic (exact) mass is 342 g/mol. The van der Waals surface area contributed by atoms with E-state index < -0.39 is 0 Å². The van der Waals surface area contributed by atoms with E-state index in [1.165, 1.54) is 24.3 Å². The van der Waals surface area contributed by atoms with Crippen molar-refractivity contribution in [2.24, 2.45) is 11.8 Å². The molecule has 2 aromatic carbocycles. The summed E-state index contributed by atoms with van der Waals surface area (Å²) in [4.78, 5) is 24.5. The summed E-state index contributed by atoms with van der Waals surface area (Å²) in [6.45, 7) is 2.37. The number of hydrogen-bond donors (Lipinski definition) is 2. The van der Waals surface area contributed by atoms with Crippen LogP contribution in [-0.2, 0) is 9.59 Å². The van der Waals surface area contributed by atoms with E-state index in [0.717, 1.165) is 0 Å². The third-order valence-corrected chi connectivity index (χ3v) is 4.02. The van der Waals surface area contributed by atoms with Gasteiger partial charge in [-0.05, 0) is 49.7 Å². The zero-order valence-corrected chi connectivity index (χ0v) is 13.8. The summed E-state index contributed by atoms with van der Waals surface area (Å²) in [6.07, 6.45) is 0.496. The Hall–Kier alpha value is -2.89. The average molecular weight is 342 g/mol. The van der Waals surface area contributed by atoms with Gasteiger partial charge in [0.2, 0.25) is 11.8 Å². The van der Waals surface area contributed by atoms with Crippen molar-refractivity contribution in [1.29, 1.82) is 0 Å². The summed E-state index contributed by atoms with van der Waals surface area (Å²) >= 11 is 0. The predicted molar refractivity (Wildman–Crippen MR) is 92.9 cm³/mol. The molecule has 2 amide bonds. The third kappa shape index (κ3) is 4.15. The van der Waals surface area contributed by atoms with Crippen molar-refractivity contribution in [2.45, 2.75) is 13.3 Å². The average Bonchev–Trinajstić information content (AvgIpc) is 3.40. The number of amides is 2. The van der Waals surface area contributed by atoms with Crippen LogP contribution in [0, 0.1) is 17.7 Å². The van der Waals surface area contributed by atoms with Crippen molar-refractivity contribution in [3.05, 3.63) is 54.3 Å². The number of anilines is 2. The van der Waals surface area contributed by atoms with Gasteiger partial charge < -0.3 is 15.4 Å². The van der Waals surface area contributed by atoms with Crippen LogP contribution in [0.25, 0.3) is 0 Å². The molecule has 2 N–H and O–H groups in total. The second kappa shape index (κ2) is 7.34. The van der Waals surface area contributed by atoms with E-state index in [1.54, 1.807) is 12.1 Å². The molecular weight excluding hydrogens is 323 g/mol. The fraction of sp³-hybridized carbons (Fsp3) is 0.263. The Kier molecular flexibility index (Phi) is 4.97. The van der Waals surface area contributed by atoms with E-state index in [-0.39, 0.29) is 29.5 Å². The molecule has 1 saturated carbocycles. The predicted octanol–water partition coefficient (Wildman–Crippen LogP) is 3.44. The highest BCUT2D eigenvalue weighted by atomic mass is 19.1. The number of ether oxygens (including phenoxy) is 1. The normalized spacial score (nSPS) is 18.3. The molecule has 5 nitrogen and oxygen atoms in total. The van der Waals surface area contributed by atoms with Crippen LogP contribution in [0.4, 0.5) is 15.8 Å². The van der Waals surface area contributed by atoms with Crippen molar-refractivity contribution in [3.8, 4) is 5.75 Å². The Morgan fingerprint density at radius 3 is 2.36 bits per heavy atom. The first-order valence-electron chi connectivity index (χ1n) is 8.17. The highest BCUT2D eigenvalue weighted by molar-refractivity contribution is 6.03. The van der Waals surface area contributed by atoms with Gasteiger partial charge in [-0.3, -0.25) is 9.59 Å². The van der Waals surface area contributed by atoms with Crippen molar-refractivity contribution in [3.63, 3.8) is 0 Å². The van der Waals surface area contributed by atoms with Crippen molar-refractivity contribution >= 4 is 23.2 Å². The van der Waals surface area contributed by atoms with Crippen LogP contribution in [0.15, 0.2) is 48.5 Å². The van der Waals surface area contributed by atoms with E-state index in [0.29, 0.717) is 30.2 Å². The summed E-state index contributed by atoms with van der Waals surface area (Å²) in [5, 5.41) is 5.52. The molecular formula is C19H19FN2O3. The number of halogens is 1. The zero-order valence-electron chi connectivity index (χ0n) is 13.8. The lowest BCUT2D eigenvalue weighted by atomic mass is 10.2. The van der Waals surface area contributed by atoms with Gasteiger partial charge >= 0.3 is 0 Å². The summed E-state index contributed by atoms with van der Waals surface area (Å²) in [5.41, 5.74) is 1.11. The zero-order chi connectivity index (χ0) is 17.8. The van der Waals surface area contributed by atoms with E-state index >= 15 is 0 Å². The summed E-state index contributed by atoms with van der Waals surface area (Å²) in [5.74, 6) is -0.934. The quantitative estimate of drug-likeness (QED) is 0.845. The van der Waals surface area contributed by atoms with Gasteiger partial charge in [-0.15, -0.1) is 0 Å². The van der Waals surface area contributed by atoms with Crippen LogP contribution in [0.3, 0.4) is 0 Å². The van der Waals surface area contributed by atoms with Gasteiger partial charge in [-0.1, -0.05) is 12.1 Å². The molecule has 0 radical (unpaired) electrons. The molecule has 1 fully saturated rings. The molecule has 1 aliphatic carbocycles. The molecule has 3 rings (SSSR count). The summed E-state index contributed by atoms with van der Waals surface area (Å²) < 4.78 is 18.4. The van der Waals surface area contributed by atoms with Gasteiger partial charge in [-0.2, -0.15) is 0 Å². The standard InChI is InChI=1S/C19H19FN2O3/c1-2-25-17-6-4-3-5-16(17)22-19(24)15-11-14(15)18(23)21-13-9-7-12(20)8-10-13/h3-10,14-15H,2,11H2,1H3,(H,21,23)(H,22,24). The number of hydrogen-bond acceptors (Lipinski definition) is 3. The van der Waals surface area contributed by atoms with Gasteiger partial charge in [0.15, 0.2) is 0 Å². The molecule has 25 heavy (non-hydrogen) atoms.